The average molecular weight is 457 g/mol. The Bertz CT molecular complexity index is 899. The number of nitrogens with zero attached hydrogens (tertiary/aromatic N) is 2. The minimum Gasteiger partial charge on any atom is -0.431 e. The zero-order valence-electron chi connectivity index (χ0n) is 17.9. The monoisotopic (exact) mass is 456 g/mol. The molecule has 1 aliphatic carbocycles. The number of fused-ring (bicyclic) bond motifs is 1. The van der Waals surface area contributed by atoms with Crippen molar-refractivity contribution in [2.75, 3.05) is 32.7 Å². The van der Waals surface area contributed by atoms with E-state index in [0.717, 1.165) is 17.7 Å². The molecule has 2 aromatic rings. The number of rotatable bonds is 6. The van der Waals surface area contributed by atoms with E-state index in [0.29, 0.717) is 32.2 Å². The van der Waals surface area contributed by atoms with E-state index >= 15 is 0 Å². The van der Waals surface area contributed by atoms with Crippen LogP contribution in [-0.2, 0) is 10.3 Å². The molecule has 7 nitrogen and oxygen atoms in total. The fraction of sp³-hybridized carbons (Fsp3) is 0.417. The zero-order chi connectivity index (χ0) is 21.3. The molecule has 0 aromatic heterocycles. The first-order valence-electron chi connectivity index (χ1n) is 11.1. The van der Waals surface area contributed by atoms with Crippen molar-refractivity contribution in [3.05, 3.63) is 71.8 Å². The lowest BCUT2D eigenvalue weighted by Crippen LogP contribution is -2.60. The van der Waals surface area contributed by atoms with Crippen molar-refractivity contribution in [2.45, 2.75) is 30.5 Å². The largest absolute Gasteiger partial charge is 0.431 e. The van der Waals surface area contributed by atoms with Crippen molar-refractivity contribution < 1.29 is 14.3 Å². The normalized spacial score (nSPS) is 21.4. The molecule has 3 fully saturated rings. The third-order valence-corrected chi connectivity index (χ3v) is 6.44. The van der Waals surface area contributed by atoms with Crippen molar-refractivity contribution in [2.24, 2.45) is 0 Å². The van der Waals surface area contributed by atoms with E-state index in [2.05, 4.69) is 10.6 Å². The van der Waals surface area contributed by atoms with Crippen LogP contribution in [0.2, 0.25) is 0 Å². The predicted octanol–water partition coefficient (Wildman–Crippen LogP) is 2.95. The molecule has 0 bridgehead atoms. The second kappa shape index (κ2) is 9.38. The molecule has 2 saturated heterocycles. The minimum atomic E-state index is -0.952. The van der Waals surface area contributed by atoms with Crippen LogP contribution in [0.15, 0.2) is 60.7 Å². The van der Waals surface area contributed by atoms with Crippen LogP contribution in [0.25, 0.3) is 0 Å². The number of carbonyl (C=O) groups is 2. The Labute approximate surface area is 194 Å². The van der Waals surface area contributed by atoms with Gasteiger partial charge in [-0.05, 0) is 12.8 Å². The maximum Gasteiger partial charge on any atom is 0.411 e. The van der Waals surface area contributed by atoms with Crippen LogP contribution < -0.4 is 10.6 Å². The van der Waals surface area contributed by atoms with E-state index in [1.807, 2.05) is 60.7 Å². The highest BCUT2D eigenvalue weighted by Crippen LogP contribution is 2.45. The van der Waals surface area contributed by atoms with Crippen LogP contribution >= 0.6 is 12.4 Å². The smallest absolute Gasteiger partial charge is 0.411 e. The standard InChI is InChI=1S/C24H28N4O3.ClH/c29-22(26-14-13-25-20-11-12-20)27-15-16-28-21(17-27)24(31-23(28)30,18-7-3-1-4-8-18)19-9-5-2-6-10-19;/h1-10,20-21,25H,11-17H2,(H,26,29);1H. The second-order valence-electron chi connectivity index (χ2n) is 8.45. The van der Waals surface area contributed by atoms with Crippen molar-refractivity contribution in [3.8, 4) is 0 Å². The molecule has 5 rings (SSSR count). The highest BCUT2D eigenvalue weighted by molar-refractivity contribution is 5.85. The van der Waals surface area contributed by atoms with E-state index < -0.39 is 5.60 Å². The number of ether oxygens (including phenoxy) is 1. The molecule has 32 heavy (non-hydrogen) atoms. The summed E-state index contributed by atoms with van der Waals surface area (Å²) in [5.74, 6) is 0. The number of nitrogens with one attached hydrogen (secondary N) is 2. The van der Waals surface area contributed by atoms with Gasteiger partial charge in [0.2, 0.25) is 0 Å². The fourth-order valence-electron chi connectivity index (χ4n) is 4.68. The van der Waals surface area contributed by atoms with Crippen molar-refractivity contribution in [1.29, 1.82) is 0 Å². The molecule has 2 heterocycles. The summed E-state index contributed by atoms with van der Waals surface area (Å²) in [7, 11) is 0. The summed E-state index contributed by atoms with van der Waals surface area (Å²) in [5, 5.41) is 6.42. The topological polar surface area (TPSA) is 73.9 Å². The van der Waals surface area contributed by atoms with Crippen molar-refractivity contribution in [1.82, 2.24) is 20.4 Å². The first-order valence-corrected chi connectivity index (χ1v) is 11.1. The first-order chi connectivity index (χ1) is 15.2. The van der Waals surface area contributed by atoms with E-state index in [1.54, 1.807) is 9.80 Å². The number of amides is 3. The summed E-state index contributed by atoms with van der Waals surface area (Å²) in [6, 6.07) is 19.9. The number of hydrogen-bond donors (Lipinski definition) is 2. The molecule has 1 saturated carbocycles. The summed E-state index contributed by atoms with van der Waals surface area (Å²) in [6.45, 7) is 2.74. The Balaban J connectivity index is 0.00000245. The molecule has 3 aliphatic rings. The number of urea groups is 1. The lowest BCUT2D eigenvalue weighted by atomic mass is 9.79. The van der Waals surface area contributed by atoms with Gasteiger partial charge in [-0.1, -0.05) is 60.7 Å². The summed E-state index contributed by atoms with van der Waals surface area (Å²) < 4.78 is 6.15. The van der Waals surface area contributed by atoms with Gasteiger partial charge in [-0.3, -0.25) is 4.90 Å². The van der Waals surface area contributed by atoms with E-state index in [4.69, 9.17) is 4.74 Å². The van der Waals surface area contributed by atoms with E-state index in [-0.39, 0.29) is 30.6 Å². The summed E-state index contributed by atoms with van der Waals surface area (Å²) in [5.41, 5.74) is 0.877. The highest BCUT2D eigenvalue weighted by atomic mass is 35.5. The molecular formula is C24H29ClN4O3. The van der Waals surface area contributed by atoms with E-state index in [1.165, 1.54) is 12.8 Å². The molecule has 1 unspecified atom stereocenters. The Morgan fingerprint density at radius 3 is 2.19 bits per heavy atom. The van der Waals surface area contributed by atoms with Gasteiger partial charge in [0.1, 0.15) is 6.04 Å². The molecule has 170 valence electrons. The number of hydrogen-bond acceptors (Lipinski definition) is 4. The van der Waals surface area contributed by atoms with Gasteiger partial charge in [0.05, 0.1) is 0 Å². The maximum absolute atomic E-state index is 12.9. The zero-order valence-corrected chi connectivity index (χ0v) is 18.7. The molecular weight excluding hydrogens is 428 g/mol. The predicted molar refractivity (Wildman–Crippen MR) is 124 cm³/mol. The fourth-order valence-corrected chi connectivity index (χ4v) is 4.68. The maximum atomic E-state index is 12.9. The number of cyclic esters (lactones) is 1. The summed E-state index contributed by atoms with van der Waals surface area (Å²) in [4.78, 5) is 29.3. The van der Waals surface area contributed by atoms with Crippen LogP contribution in [-0.4, -0.2) is 66.7 Å². The summed E-state index contributed by atoms with van der Waals surface area (Å²) in [6.07, 6.45) is 2.13. The second-order valence-corrected chi connectivity index (χ2v) is 8.45. The number of halogens is 1. The Kier molecular flexibility index (Phi) is 6.58. The van der Waals surface area contributed by atoms with Gasteiger partial charge in [-0.2, -0.15) is 0 Å². The lowest BCUT2D eigenvalue weighted by Gasteiger charge is -2.42. The first kappa shape index (κ1) is 22.4. The molecule has 0 spiro atoms. The highest BCUT2D eigenvalue weighted by Gasteiger charge is 2.58. The third-order valence-electron chi connectivity index (χ3n) is 6.44. The minimum absolute atomic E-state index is 0. The number of piperazine rings is 1. The number of carbonyl (C=O) groups excluding carboxylic acids is 2. The van der Waals surface area contributed by atoms with Crippen molar-refractivity contribution in [3.63, 3.8) is 0 Å². The molecule has 2 N–H and O–H groups in total. The van der Waals surface area contributed by atoms with Gasteiger partial charge in [0.25, 0.3) is 0 Å². The van der Waals surface area contributed by atoms with Gasteiger partial charge in [-0.25, -0.2) is 9.59 Å². The molecule has 2 aliphatic heterocycles. The van der Waals surface area contributed by atoms with Crippen LogP contribution in [0.5, 0.6) is 0 Å². The molecule has 0 radical (unpaired) electrons. The van der Waals surface area contributed by atoms with Crippen LogP contribution in [0.1, 0.15) is 24.0 Å². The Morgan fingerprint density at radius 1 is 0.969 bits per heavy atom. The number of benzene rings is 2. The van der Waals surface area contributed by atoms with Gasteiger partial charge in [0, 0.05) is 49.9 Å². The Hall–Kier alpha value is -2.77. The molecule has 3 amide bonds. The van der Waals surface area contributed by atoms with Gasteiger partial charge < -0.3 is 20.3 Å². The third kappa shape index (κ3) is 4.14. The molecule has 8 heteroatoms. The lowest BCUT2D eigenvalue weighted by molar-refractivity contribution is 0.0512. The SMILES string of the molecule is Cl.O=C(NCCNC1CC1)N1CCN2C(=O)OC(c3ccccc3)(c3ccccc3)C2C1. The van der Waals surface area contributed by atoms with E-state index in [9.17, 15) is 9.59 Å². The average Bonchev–Trinajstić information content (AvgIpc) is 3.60. The quantitative estimate of drug-likeness (QED) is 0.655. The van der Waals surface area contributed by atoms with Gasteiger partial charge in [-0.15, -0.1) is 12.4 Å². The van der Waals surface area contributed by atoms with Gasteiger partial charge >= 0.3 is 12.1 Å². The molecule has 1 atom stereocenters. The Morgan fingerprint density at radius 2 is 1.59 bits per heavy atom. The van der Waals surface area contributed by atoms with Crippen LogP contribution in [0, 0.1) is 0 Å². The summed E-state index contributed by atoms with van der Waals surface area (Å²) >= 11 is 0. The molecule has 2 aromatic carbocycles. The van der Waals surface area contributed by atoms with Crippen LogP contribution in [0.3, 0.4) is 0 Å². The van der Waals surface area contributed by atoms with Gasteiger partial charge in [0.15, 0.2) is 5.60 Å². The van der Waals surface area contributed by atoms with Crippen molar-refractivity contribution >= 4 is 24.5 Å². The van der Waals surface area contributed by atoms with Crippen LogP contribution in [0.4, 0.5) is 9.59 Å².